The number of carbonyl (C=O) groups excluding carboxylic acids is 1. The van der Waals surface area contributed by atoms with Gasteiger partial charge in [-0.05, 0) is 36.6 Å². The number of likely N-dealkylation sites (tertiary alicyclic amines) is 1. The van der Waals surface area contributed by atoms with Crippen molar-refractivity contribution in [2.24, 2.45) is 5.92 Å². The van der Waals surface area contributed by atoms with Gasteiger partial charge in [-0.25, -0.2) is 4.39 Å². The molecule has 4 nitrogen and oxygen atoms in total. The molecule has 23 heavy (non-hydrogen) atoms. The van der Waals surface area contributed by atoms with Gasteiger partial charge in [0.15, 0.2) is 0 Å². The van der Waals surface area contributed by atoms with Crippen LogP contribution in [0, 0.1) is 11.7 Å². The highest BCUT2D eigenvalue weighted by Crippen LogP contribution is 2.22. The Bertz CT molecular complexity index is 697. The SMILES string of the molecule is CCC(=O)N1CC[C@H](NCc2cc3cc(F)ccc3o2)[C@H](C)C1. The van der Waals surface area contributed by atoms with Crippen molar-refractivity contribution in [2.75, 3.05) is 13.1 Å². The van der Waals surface area contributed by atoms with Gasteiger partial charge in [0.2, 0.25) is 5.91 Å². The maximum absolute atomic E-state index is 13.2. The lowest BCUT2D eigenvalue weighted by Crippen LogP contribution is -2.49. The number of nitrogens with zero attached hydrogens (tertiary/aromatic N) is 1. The van der Waals surface area contributed by atoms with Gasteiger partial charge >= 0.3 is 0 Å². The summed E-state index contributed by atoms with van der Waals surface area (Å²) in [6, 6.07) is 6.80. The van der Waals surface area contributed by atoms with Crippen LogP contribution in [0.25, 0.3) is 11.0 Å². The number of halogens is 1. The van der Waals surface area contributed by atoms with E-state index in [0.29, 0.717) is 30.5 Å². The molecule has 5 heteroatoms. The van der Waals surface area contributed by atoms with Gasteiger partial charge in [-0.15, -0.1) is 0 Å². The number of benzene rings is 1. The van der Waals surface area contributed by atoms with E-state index >= 15 is 0 Å². The number of hydrogen-bond donors (Lipinski definition) is 1. The van der Waals surface area contributed by atoms with Crippen molar-refractivity contribution < 1.29 is 13.6 Å². The molecular weight excluding hydrogens is 295 g/mol. The molecule has 1 aromatic heterocycles. The Morgan fingerprint density at radius 1 is 1.43 bits per heavy atom. The van der Waals surface area contributed by atoms with E-state index in [0.717, 1.165) is 30.7 Å². The summed E-state index contributed by atoms with van der Waals surface area (Å²) in [5.41, 5.74) is 0.708. The molecule has 3 rings (SSSR count). The maximum Gasteiger partial charge on any atom is 0.222 e. The number of carbonyl (C=O) groups is 1. The first-order valence-corrected chi connectivity index (χ1v) is 8.26. The van der Waals surface area contributed by atoms with E-state index in [1.54, 1.807) is 6.07 Å². The Balaban J connectivity index is 1.58. The first kappa shape index (κ1) is 16.0. The van der Waals surface area contributed by atoms with Gasteiger partial charge in [0.1, 0.15) is 17.2 Å². The topological polar surface area (TPSA) is 45.5 Å². The van der Waals surface area contributed by atoms with Crippen molar-refractivity contribution in [1.82, 2.24) is 10.2 Å². The molecule has 0 unspecified atom stereocenters. The van der Waals surface area contributed by atoms with Crippen LogP contribution in [0.4, 0.5) is 4.39 Å². The molecule has 2 heterocycles. The summed E-state index contributed by atoms with van der Waals surface area (Å²) in [6.07, 6.45) is 1.52. The molecule has 1 fully saturated rings. The average molecular weight is 318 g/mol. The van der Waals surface area contributed by atoms with Crippen LogP contribution in [0.1, 0.15) is 32.4 Å². The van der Waals surface area contributed by atoms with E-state index in [-0.39, 0.29) is 11.7 Å². The zero-order valence-corrected chi connectivity index (χ0v) is 13.6. The van der Waals surface area contributed by atoms with Crippen LogP contribution in [0.3, 0.4) is 0 Å². The van der Waals surface area contributed by atoms with Crippen molar-refractivity contribution in [1.29, 1.82) is 0 Å². The van der Waals surface area contributed by atoms with E-state index in [9.17, 15) is 9.18 Å². The summed E-state index contributed by atoms with van der Waals surface area (Å²) in [4.78, 5) is 13.7. The lowest BCUT2D eigenvalue weighted by Gasteiger charge is -2.37. The van der Waals surface area contributed by atoms with Gasteiger partial charge in [0, 0.05) is 30.9 Å². The molecule has 0 radical (unpaired) electrons. The quantitative estimate of drug-likeness (QED) is 0.941. The maximum atomic E-state index is 13.2. The Kier molecular flexibility index (Phi) is 4.66. The largest absolute Gasteiger partial charge is 0.460 e. The molecule has 2 atom stereocenters. The summed E-state index contributed by atoms with van der Waals surface area (Å²) < 4.78 is 18.9. The molecule has 124 valence electrons. The third-order valence-corrected chi connectivity index (χ3v) is 4.63. The average Bonchev–Trinajstić information content (AvgIpc) is 2.94. The monoisotopic (exact) mass is 318 g/mol. The highest BCUT2D eigenvalue weighted by molar-refractivity contribution is 5.77. The van der Waals surface area contributed by atoms with E-state index in [4.69, 9.17) is 4.42 Å². The zero-order chi connectivity index (χ0) is 16.4. The third-order valence-electron chi connectivity index (χ3n) is 4.63. The van der Waals surface area contributed by atoms with Crippen LogP contribution in [0.15, 0.2) is 28.7 Å². The Hall–Kier alpha value is -1.88. The predicted molar refractivity (Wildman–Crippen MR) is 87.5 cm³/mol. The minimum atomic E-state index is -0.251. The number of fused-ring (bicyclic) bond motifs is 1. The van der Waals surface area contributed by atoms with Crippen LogP contribution in [0.5, 0.6) is 0 Å². The fourth-order valence-electron chi connectivity index (χ4n) is 3.29. The number of hydrogen-bond acceptors (Lipinski definition) is 3. The Morgan fingerprint density at radius 2 is 2.26 bits per heavy atom. The summed E-state index contributed by atoms with van der Waals surface area (Å²) in [7, 11) is 0. The zero-order valence-electron chi connectivity index (χ0n) is 13.6. The predicted octanol–water partition coefficient (Wildman–Crippen LogP) is 3.31. The van der Waals surface area contributed by atoms with E-state index < -0.39 is 0 Å². The molecular formula is C18H23FN2O2. The van der Waals surface area contributed by atoms with Crippen LogP contribution < -0.4 is 5.32 Å². The van der Waals surface area contributed by atoms with Crippen molar-refractivity contribution in [3.05, 3.63) is 35.8 Å². The van der Waals surface area contributed by atoms with Crippen molar-refractivity contribution in [3.8, 4) is 0 Å². The molecule has 1 amide bonds. The lowest BCUT2D eigenvalue weighted by atomic mass is 9.93. The summed E-state index contributed by atoms with van der Waals surface area (Å²) in [5.74, 6) is 1.19. The van der Waals surface area contributed by atoms with Gasteiger partial charge in [-0.2, -0.15) is 0 Å². The van der Waals surface area contributed by atoms with Crippen molar-refractivity contribution in [3.63, 3.8) is 0 Å². The van der Waals surface area contributed by atoms with Gasteiger partial charge < -0.3 is 14.6 Å². The molecule has 1 N–H and O–H groups in total. The fraction of sp³-hybridized carbons (Fsp3) is 0.500. The van der Waals surface area contributed by atoms with Gasteiger partial charge in [0.05, 0.1) is 6.54 Å². The standard InChI is InChI=1S/C18H23FN2O2/c1-3-18(22)21-7-6-16(12(2)11-21)20-10-15-9-13-8-14(19)4-5-17(13)23-15/h4-5,8-9,12,16,20H,3,6-7,10-11H2,1-2H3/t12-,16+/m1/s1. The van der Waals surface area contributed by atoms with Gasteiger partial charge in [0.25, 0.3) is 0 Å². The van der Waals surface area contributed by atoms with E-state index in [2.05, 4.69) is 12.2 Å². The number of rotatable bonds is 4. The highest BCUT2D eigenvalue weighted by atomic mass is 19.1. The highest BCUT2D eigenvalue weighted by Gasteiger charge is 2.27. The fourth-order valence-corrected chi connectivity index (χ4v) is 3.29. The van der Waals surface area contributed by atoms with Crippen LogP contribution in [0.2, 0.25) is 0 Å². The normalized spacial score (nSPS) is 21.8. The van der Waals surface area contributed by atoms with Crippen molar-refractivity contribution >= 4 is 16.9 Å². The Labute approximate surface area is 135 Å². The number of furan rings is 1. The third kappa shape index (κ3) is 3.55. The van der Waals surface area contributed by atoms with E-state index in [1.807, 2.05) is 17.9 Å². The van der Waals surface area contributed by atoms with Crippen LogP contribution in [-0.2, 0) is 11.3 Å². The molecule has 0 bridgehead atoms. The van der Waals surface area contributed by atoms with Crippen molar-refractivity contribution in [2.45, 2.75) is 39.3 Å². The lowest BCUT2D eigenvalue weighted by molar-refractivity contribution is -0.132. The summed E-state index contributed by atoms with van der Waals surface area (Å²) in [6.45, 7) is 6.30. The van der Waals surface area contributed by atoms with E-state index in [1.165, 1.54) is 12.1 Å². The Morgan fingerprint density at radius 3 is 3.00 bits per heavy atom. The molecule has 0 spiro atoms. The van der Waals surface area contributed by atoms with Gasteiger partial charge in [-0.1, -0.05) is 13.8 Å². The summed E-state index contributed by atoms with van der Waals surface area (Å²) >= 11 is 0. The molecule has 0 saturated carbocycles. The second kappa shape index (κ2) is 6.71. The van der Waals surface area contributed by atoms with Crippen LogP contribution in [-0.4, -0.2) is 29.9 Å². The number of nitrogens with one attached hydrogen (secondary N) is 1. The minimum Gasteiger partial charge on any atom is -0.460 e. The first-order valence-electron chi connectivity index (χ1n) is 8.26. The molecule has 1 saturated heterocycles. The molecule has 1 aromatic carbocycles. The number of amides is 1. The smallest absolute Gasteiger partial charge is 0.222 e. The molecule has 1 aliphatic heterocycles. The first-order chi connectivity index (χ1) is 11.1. The second-order valence-corrected chi connectivity index (χ2v) is 6.34. The number of piperidine rings is 1. The van der Waals surface area contributed by atoms with Crippen LogP contribution >= 0.6 is 0 Å². The minimum absolute atomic E-state index is 0.231. The molecule has 2 aromatic rings. The molecule has 1 aliphatic rings. The molecule has 0 aliphatic carbocycles. The van der Waals surface area contributed by atoms with Gasteiger partial charge in [-0.3, -0.25) is 4.79 Å². The summed E-state index contributed by atoms with van der Waals surface area (Å²) in [5, 5.41) is 4.31. The second-order valence-electron chi connectivity index (χ2n) is 6.34.